The number of carbonyl (C=O) groups is 2. The van der Waals surface area contributed by atoms with Gasteiger partial charge in [-0.1, -0.05) is 49.7 Å². The molecule has 0 saturated heterocycles. The normalized spacial score (nSPS) is 15.0. The number of aryl methyl sites for hydroxylation is 1. The van der Waals surface area contributed by atoms with Crippen LogP contribution >= 0.6 is 0 Å². The van der Waals surface area contributed by atoms with Gasteiger partial charge in [-0.25, -0.2) is 4.39 Å². The lowest BCUT2D eigenvalue weighted by Gasteiger charge is -2.38. The number of halogens is 1. The van der Waals surface area contributed by atoms with Crippen LogP contribution in [-0.4, -0.2) is 29.9 Å². The van der Waals surface area contributed by atoms with Crippen LogP contribution in [0.5, 0.6) is 5.75 Å². The molecule has 0 aliphatic carbocycles. The van der Waals surface area contributed by atoms with Crippen molar-refractivity contribution >= 4 is 17.5 Å². The van der Waals surface area contributed by atoms with Gasteiger partial charge in [-0.05, 0) is 72.4 Å². The minimum Gasteiger partial charge on any atom is -0.484 e. The number of anilines is 1. The highest BCUT2D eigenvalue weighted by atomic mass is 19.1. The molecule has 0 radical (unpaired) electrons. The Hall–Kier alpha value is -3.67. The highest BCUT2D eigenvalue weighted by Crippen LogP contribution is 2.38. The van der Waals surface area contributed by atoms with Crippen molar-refractivity contribution in [3.63, 3.8) is 0 Å². The quantitative estimate of drug-likeness (QED) is 0.480. The Morgan fingerprint density at radius 1 is 1.06 bits per heavy atom. The molecule has 0 fully saturated rings. The molecule has 182 valence electrons. The number of amides is 2. The van der Waals surface area contributed by atoms with Gasteiger partial charge in [0.25, 0.3) is 5.91 Å². The van der Waals surface area contributed by atoms with Gasteiger partial charge in [0.15, 0.2) is 6.61 Å². The molecule has 1 N–H and O–H groups in total. The first kappa shape index (κ1) is 24.5. The first-order valence-electron chi connectivity index (χ1n) is 12.0. The van der Waals surface area contributed by atoms with Gasteiger partial charge in [0, 0.05) is 18.7 Å². The highest BCUT2D eigenvalue weighted by molar-refractivity contribution is 5.91. The maximum Gasteiger partial charge on any atom is 0.262 e. The third-order valence-corrected chi connectivity index (χ3v) is 6.14. The number of carbonyl (C=O) groups excluding carboxylic acids is 2. The third-order valence-electron chi connectivity index (χ3n) is 6.14. The summed E-state index contributed by atoms with van der Waals surface area (Å²) in [6.07, 6.45) is 1.17. The predicted molar refractivity (Wildman–Crippen MR) is 135 cm³/mol. The second-order valence-electron chi connectivity index (χ2n) is 9.45. The van der Waals surface area contributed by atoms with E-state index in [1.807, 2.05) is 68.1 Å². The van der Waals surface area contributed by atoms with Crippen molar-refractivity contribution in [3.8, 4) is 5.75 Å². The van der Waals surface area contributed by atoms with E-state index in [1.54, 1.807) is 12.1 Å². The molecule has 6 heteroatoms. The lowest BCUT2D eigenvalue weighted by atomic mass is 9.87. The lowest BCUT2D eigenvalue weighted by Crippen LogP contribution is -2.41. The van der Waals surface area contributed by atoms with Crippen LogP contribution in [0, 0.1) is 18.7 Å². The number of nitrogens with one attached hydrogen (secondary N) is 1. The first-order valence-corrected chi connectivity index (χ1v) is 12.0. The Balaban J connectivity index is 1.56. The third kappa shape index (κ3) is 6.07. The molecule has 1 aliphatic heterocycles. The molecule has 3 aromatic carbocycles. The van der Waals surface area contributed by atoms with Crippen LogP contribution in [0.1, 0.15) is 48.6 Å². The van der Waals surface area contributed by atoms with Gasteiger partial charge in [0.1, 0.15) is 11.6 Å². The summed E-state index contributed by atoms with van der Waals surface area (Å²) in [5.74, 6) is 0.285. The molecule has 0 saturated carbocycles. The molecule has 1 atom stereocenters. The Morgan fingerprint density at radius 3 is 2.46 bits per heavy atom. The summed E-state index contributed by atoms with van der Waals surface area (Å²) < 4.78 is 19.5. The molecule has 0 aromatic heterocycles. The number of hydrogen-bond donors (Lipinski definition) is 1. The van der Waals surface area contributed by atoms with Crippen molar-refractivity contribution in [1.82, 2.24) is 4.90 Å². The molecule has 0 bridgehead atoms. The number of rotatable bonds is 7. The molecular formula is C29H31FN2O3. The Morgan fingerprint density at radius 2 is 1.77 bits per heavy atom. The summed E-state index contributed by atoms with van der Waals surface area (Å²) in [5, 5.41) is 2.83. The van der Waals surface area contributed by atoms with E-state index in [-0.39, 0.29) is 36.2 Å². The molecule has 1 heterocycles. The fourth-order valence-electron chi connectivity index (χ4n) is 4.41. The molecule has 1 aliphatic rings. The number of hydrogen-bond acceptors (Lipinski definition) is 3. The minimum atomic E-state index is -0.337. The van der Waals surface area contributed by atoms with Gasteiger partial charge in [0.05, 0.1) is 6.04 Å². The van der Waals surface area contributed by atoms with Crippen LogP contribution in [-0.2, 0) is 16.0 Å². The first-order chi connectivity index (χ1) is 16.8. The topological polar surface area (TPSA) is 58.6 Å². The largest absolute Gasteiger partial charge is 0.484 e. The highest BCUT2D eigenvalue weighted by Gasteiger charge is 2.32. The van der Waals surface area contributed by atoms with Gasteiger partial charge < -0.3 is 15.0 Å². The van der Waals surface area contributed by atoms with Crippen LogP contribution in [0.3, 0.4) is 0 Å². The SMILES string of the molecule is Cc1ccc(NC(=O)COc2ccc3c(c2)[C@@H](c2ccc(F)cc2)N(C(=O)CC(C)C)CC3)cc1. The number of benzene rings is 3. The maximum absolute atomic E-state index is 13.7. The summed E-state index contributed by atoms with van der Waals surface area (Å²) in [5.41, 5.74) is 4.73. The zero-order chi connectivity index (χ0) is 24.9. The smallest absolute Gasteiger partial charge is 0.262 e. The molecule has 0 unspecified atom stereocenters. The van der Waals surface area contributed by atoms with Crippen LogP contribution in [0.15, 0.2) is 66.7 Å². The van der Waals surface area contributed by atoms with E-state index in [2.05, 4.69) is 5.32 Å². The second-order valence-corrected chi connectivity index (χ2v) is 9.45. The van der Waals surface area contributed by atoms with E-state index in [1.165, 1.54) is 12.1 Å². The molecule has 4 rings (SSSR count). The average molecular weight is 475 g/mol. The standard InChI is InChI=1S/C29H31FN2O3/c1-19(2)16-28(34)32-15-14-21-8-13-25(17-26(21)29(32)22-6-9-23(30)10-7-22)35-18-27(33)31-24-11-4-20(3)5-12-24/h4-13,17,19,29H,14-16,18H2,1-3H3,(H,31,33)/t29-/m1/s1. The van der Waals surface area contributed by atoms with E-state index in [9.17, 15) is 14.0 Å². The Kier molecular flexibility index (Phi) is 7.49. The molecule has 5 nitrogen and oxygen atoms in total. The van der Waals surface area contributed by atoms with Crippen LogP contribution < -0.4 is 10.1 Å². The number of ether oxygens (including phenoxy) is 1. The minimum absolute atomic E-state index is 0.0729. The predicted octanol–water partition coefficient (Wildman–Crippen LogP) is 5.67. The van der Waals surface area contributed by atoms with E-state index >= 15 is 0 Å². The zero-order valence-corrected chi connectivity index (χ0v) is 20.4. The van der Waals surface area contributed by atoms with E-state index < -0.39 is 0 Å². The van der Waals surface area contributed by atoms with Crippen molar-refractivity contribution in [2.24, 2.45) is 5.92 Å². The van der Waals surface area contributed by atoms with Crippen molar-refractivity contribution in [1.29, 1.82) is 0 Å². The summed E-state index contributed by atoms with van der Waals surface area (Å²) in [6, 6.07) is 19.3. The van der Waals surface area contributed by atoms with Gasteiger partial charge in [-0.2, -0.15) is 0 Å². The molecule has 3 aromatic rings. The monoisotopic (exact) mass is 474 g/mol. The van der Waals surface area contributed by atoms with Gasteiger partial charge >= 0.3 is 0 Å². The number of fused-ring (bicyclic) bond motifs is 1. The Bertz CT molecular complexity index is 1190. The summed E-state index contributed by atoms with van der Waals surface area (Å²) in [7, 11) is 0. The van der Waals surface area contributed by atoms with Crippen LogP contribution in [0.4, 0.5) is 10.1 Å². The fourth-order valence-corrected chi connectivity index (χ4v) is 4.41. The van der Waals surface area contributed by atoms with Crippen LogP contribution in [0.2, 0.25) is 0 Å². The Labute approximate surface area is 205 Å². The van der Waals surface area contributed by atoms with Gasteiger partial charge in [0.2, 0.25) is 5.91 Å². The van der Waals surface area contributed by atoms with Crippen molar-refractivity contribution in [2.45, 2.75) is 39.7 Å². The molecule has 35 heavy (non-hydrogen) atoms. The van der Waals surface area contributed by atoms with Gasteiger partial charge in [-0.3, -0.25) is 9.59 Å². The van der Waals surface area contributed by atoms with Crippen LogP contribution in [0.25, 0.3) is 0 Å². The zero-order valence-electron chi connectivity index (χ0n) is 20.4. The van der Waals surface area contributed by atoms with Crippen molar-refractivity contribution in [2.75, 3.05) is 18.5 Å². The summed E-state index contributed by atoms with van der Waals surface area (Å²) in [4.78, 5) is 27.4. The molecular weight excluding hydrogens is 443 g/mol. The number of nitrogens with zero attached hydrogens (tertiary/aromatic N) is 1. The maximum atomic E-state index is 13.7. The van der Waals surface area contributed by atoms with Crippen molar-refractivity contribution in [3.05, 3.63) is 94.8 Å². The van der Waals surface area contributed by atoms with E-state index in [0.717, 1.165) is 28.7 Å². The molecule has 2 amide bonds. The molecule has 0 spiro atoms. The van der Waals surface area contributed by atoms with Gasteiger partial charge in [-0.15, -0.1) is 0 Å². The van der Waals surface area contributed by atoms with E-state index in [4.69, 9.17) is 4.74 Å². The summed E-state index contributed by atoms with van der Waals surface area (Å²) in [6.45, 7) is 6.50. The second kappa shape index (κ2) is 10.7. The lowest BCUT2D eigenvalue weighted by molar-refractivity contribution is -0.134. The van der Waals surface area contributed by atoms with Crippen molar-refractivity contribution < 1.29 is 18.7 Å². The van der Waals surface area contributed by atoms with E-state index in [0.29, 0.717) is 24.4 Å². The fraction of sp³-hybridized carbons (Fsp3) is 0.310. The summed E-state index contributed by atoms with van der Waals surface area (Å²) >= 11 is 0. The average Bonchev–Trinajstić information content (AvgIpc) is 2.83.